The minimum Gasteiger partial charge on any atom is -0.292 e. The zero-order valence-electron chi connectivity index (χ0n) is 3.97. The molecule has 3 heteroatoms. The molecule has 1 rings (SSSR count). The maximum atomic E-state index is 12.2. The van der Waals surface area contributed by atoms with Gasteiger partial charge in [0.15, 0.2) is 5.62 Å². The maximum absolute atomic E-state index is 12.2. The van der Waals surface area contributed by atoms with Crippen LogP contribution in [-0.2, 0) is 4.79 Å². The molecule has 1 atom stereocenters. The number of halogens is 1. The van der Waals surface area contributed by atoms with Crippen molar-refractivity contribution in [1.29, 1.82) is 0 Å². The van der Waals surface area contributed by atoms with Crippen LogP contribution in [0, 0.1) is 6.08 Å². The molecule has 1 heterocycles. The summed E-state index contributed by atoms with van der Waals surface area (Å²) in [7, 11) is -1.23. The smallest absolute Gasteiger partial charge is 0.166 e. The first-order valence-corrected chi connectivity index (χ1v) is 3.51. The summed E-state index contributed by atoms with van der Waals surface area (Å²) < 4.78 is 12.2. The zero-order valence-corrected chi connectivity index (χ0v) is 4.86. The van der Waals surface area contributed by atoms with Gasteiger partial charge in [-0.3, -0.25) is 4.79 Å². The Bertz CT molecular complexity index is 162. The fraction of sp³-hybridized carbons (Fsp3) is 0. The van der Waals surface area contributed by atoms with Crippen molar-refractivity contribution >= 4 is 16.5 Å². The SMILES string of the molecule is O=C[SH]1C=[C]C=C1F. The summed E-state index contributed by atoms with van der Waals surface area (Å²) in [6.45, 7) is 0. The molecule has 8 heavy (non-hydrogen) atoms. The van der Waals surface area contributed by atoms with E-state index in [1.807, 2.05) is 0 Å². The van der Waals surface area contributed by atoms with Gasteiger partial charge in [0.2, 0.25) is 0 Å². The van der Waals surface area contributed by atoms with Crippen LogP contribution < -0.4 is 0 Å². The minimum absolute atomic E-state index is 0.352. The predicted molar refractivity (Wildman–Crippen MR) is 32.7 cm³/mol. The summed E-state index contributed by atoms with van der Waals surface area (Å²) in [5, 5.41) is 1.10. The summed E-state index contributed by atoms with van der Waals surface area (Å²) in [5.41, 5.74) is 0.612. The highest BCUT2D eigenvalue weighted by Crippen LogP contribution is 2.37. The standard InChI is InChI=1S/C5H4FOS/c6-5-2-1-3-8(5)4-7/h2-4,8H. The van der Waals surface area contributed by atoms with Gasteiger partial charge in [-0.15, -0.1) is 10.9 Å². The molecular weight excluding hydrogens is 127 g/mol. The molecule has 1 aliphatic rings. The topological polar surface area (TPSA) is 17.1 Å². The monoisotopic (exact) mass is 131 g/mol. The number of carbonyl (C=O) groups is 1. The third-order valence-corrected chi connectivity index (χ3v) is 2.05. The maximum Gasteiger partial charge on any atom is 0.166 e. The molecule has 0 N–H and O–H groups in total. The highest BCUT2D eigenvalue weighted by atomic mass is 32.2. The first-order chi connectivity index (χ1) is 3.84. The summed E-state index contributed by atoms with van der Waals surface area (Å²) in [6, 6.07) is 0. The van der Waals surface area contributed by atoms with E-state index in [0.717, 1.165) is 0 Å². The lowest BCUT2D eigenvalue weighted by atomic mass is 10.6. The minimum atomic E-state index is -1.23. The largest absolute Gasteiger partial charge is 0.292 e. The van der Waals surface area contributed by atoms with Crippen LogP contribution in [0.3, 0.4) is 0 Å². The lowest BCUT2D eigenvalue weighted by molar-refractivity contribution is 0.569. The highest BCUT2D eigenvalue weighted by molar-refractivity contribution is 8.33. The quantitative estimate of drug-likeness (QED) is 0.419. The normalized spacial score (nSPS) is 30.1. The van der Waals surface area contributed by atoms with Crippen molar-refractivity contribution in [2.45, 2.75) is 0 Å². The molecule has 1 radical (unpaired) electrons. The Hall–Kier alpha value is -0.570. The molecule has 0 aromatic heterocycles. The molecule has 0 saturated carbocycles. The van der Waals surface area contributed by atoms with Crippen LogP contribution in [0.4, 0.5) is 4.39 Å². The third kappa shape index (κ3) is 0.816. The lowest BCUT2D eigenvalue weighted by Crippen LogP contribution is -1.70. The molecule has 0 amide bonds. The van der Waals surface area contributed by atoms with E-state index in [2.05, 4.69) is 6.08 Å². The molecule has 0 fully saturated rings. The van der Waals surface area contributed by atoms with E-state index in [0.29, 0.717) is 5.62 Å². The van der Waals surface area contributed by atoms with E-state index in [-0.39, 0.29) is 5.16 Å². The van der Waals surface area contributed by atoms with E-state index in [9.17, 15) is 9.18 Å². The molecule has 0 aromatic rings. The Labute approximate surface area is 49.2 Å². The van der Waals surface area contributed by atoms with Crippen molar-refractivity contribution in [2.75, 3.05) is 0 Å². The van der Waals surface area contributed by atoms with E-state index in [1.54, 1.807) is 0 Å². The third-order valence-electron chi connectivity index (χ3n) is 0.776. The molecule has 0 saturated heterocycles. The Morgan fingerprint density at radius 2 is 2.62 bits per heavy atom. The Morgan fingerprint density at radius 3 is 2.88 bits per heavy atom. The second-order valence-electron chi connectivity index (χ2n) is 1.28. The number of carbonyl (C=O) groups excluding carboxylic acids is 1. The summed E-state index contributed by atoms with van der Waals surface area (Å²) >= 11 is 0. The van der Waals surface area contributed by atoms with Crippen molar-refractivity contribution in [1.82, 2.24) is 0 Å². The molecule has 1 nitrogen and oxygen atoms in total. The number of hydrogen-bond acceptors (Lipinski definition) is 1. The lowest BCUT2D eigenvalue weighted by Gasteiger charge is -1.97. The van der Waals surface area contributed by atoms with Gasteiger partial charge in [-0.05, 0) is 17.6 Å². The molecular formula is C5H4FOS. The van der Waals surface area contributed by atoms with E-state index >= 15 is 0 Å². The van der Waals surface area contributed by atoms with Crippen molar-refractivity contribution < 1.29 is 9.18 Å². The Kier molecular flexibility index (Phi) is 1.48. The molecule has 1 unspecified atom stereocenters. The van der Waals surface area contributed by atoms with Gasteiger partial charge in [0.1, 0.15) is 5.16 Å². The Balaban J connectivity index is 2.71. The molecule has 0 aromatic carbocycles. The highest BCUT2D eigenvalue weighted by Gasteiger charge is 2.07. The summed E-state index contributed by atoms with van der Waals surface area (Å²) in [4.78, 5) is 9.89. The van der Waals surface area contributed by atoms with E-state index in [4.69, 9.17) is 0 Å². The van der Waals surface area contributed by atoms with Crippen LogP contribution >= 0.6 is 10.9 Å². The molecule has 0 aliphatic carbocycles. The number of rotatable bonds is 1. The zero-order chi connectivity index (χ0) is 5.98. The van der Waals surface area contributed by atoms with Crippen LogP contribution in [0.2, 0.25) is 0 Å². The average molecular weight is 131 g/mol. The second kappa shape index (κ2) is 2.13. The van der Waals surface area contributed by atoms with Crippen molar-refractivity contribution in [3.8, 4) is 0 Å². The molecule has 0 bridgehead atoms. The first kappa shape index (κ1) is 5.56. The Morgan fingerprint density at radius 1 is 1.88 bits per heavy atom. The average Bonchev–Trinajstić information content (AvgIpc) is 2.14. The number of hydrogen-bond donors (Lipinski definition) is 1. The second-order valence-corrected chi connectivity index (χ2v) is 2.99. The number of thiol groups is 1. The van der Waals surface area contributed by atoms with Gasteiger partial charge < -0.3 is 0 Å². The summed E-state index contributed by atoms with van der Waals surface area (Å²) in [5.74, 6) is 0. The molecule has 43 valence electrons. The molecule has 1 aliphatic heterocycles. The van der Waals surface area contributed by atoms with Gasteiger partial charge in [-0.1, -0.05) is 0 Å². The van der Waals surface area contributed by atoms with Crippen LogP contribution in [0.15, 0.2) is 16.6 Å². The van der Waals surface area contributed by atoms with Crippen LogP contribution in [0.5, 0.6) is 0 Å². The van der Waals surface area contributed by atoms with Gasteiger partial charge in [-0.2, -0.15) is 0 Å². The first-order valence-electron chi connectivity index (χ1n) is 2.03. The van der Waals surface area contributed by atoms with Crippen molar-refractivity contribution in [3.63, 3.8) is 0 Å². The van der Waals surface area contributed by atoms with Crippen molar-refractivity contribution in [3.05, 3.63) is 22.7 Å². The van der Waals surface area contributed by atoms with Crippen molar-refractivity contribution in [2.24, 2.45) is 0 Å². The predicted octanol–water partition coefficient (Wildman–Crippen LogP) is 1.32. The molecule has 0 spiro atoms. The van der Waals surface area contributed by atoms with Crippen LogP contribution in [0.25, 0.3) is 0 Å². The van der Waals surface area contributed by atoms with Gasteiger partial charge in [0.05, 0.1) is 0 Å². The van der Waals surface area contributed by atoms with Gasteiger partial charge in [0, 0.05) is 0 Å². The number of allylic oxidation sites excluding steroid dienone is 2. The van der Waals surface area contributed by atoms with E-state index < -0.39 is 10.9 Å². The van der Waals surface area contributed by atoms with E-state index in [1.165, 1.54) is 11.5 Å². The van der Waals surface area contributed by atoms with Gasteiger partial charge in [-0.25, -0.2) is 4.39 Å². The fourth-order valence-corrected chi connectivity index (χ4v) is 1.15. The van der Waals surface area contributed by atoms with Crippen LogP contribution in [0.1, 0.15) is 0 Å². The van der Waals surface area contributed by atoms with Gasteiger partial charge in [0.25, 0.3) is 0 Å². The van der Waals surface area contributed by atoms with Crippen LogP contribution in [-0.4, -0.2) is 5.62 Å². The van der Waals surface area contributed by atoms with Gasteiger partial charge >= 0.3 is 0 Å². The summed E-state index contributed by atoms with van der Waals surface area (Å²) in [6.07, 6.45) is 3.70. The fourth-order valence-electron chi connectivity index (χ4n) is 0.403.